The molecule has 0 aliphatic heterocycles. The summed E-state index contributed by atoms with van der Waals surface area (Å²) in [7, 11) is -1.72. The maximum absolute atomic E-state index is 12.1. The van der Waals surface area contributed by atoms with E-state index in [2.05, 4.69) is 36.4 Å². The fourth-order valence-corrected chi connectivity index (χ4v) is 3.28. The minimum Gasteiger partial charge on any atom is -0.320 e. The monoisotopic (exact) mass is 324 g/mol. The van der Waals surface area contributed by atoms with Gasteiger partial charge in [0.2, 0.25) is 0 Å². The van der Waals surface area contributed by atoms with Gasteiger partial charge < -0.3 is 4.67 Å². The van der Waals surface area contributed by atoms with Crippen LogP contribution in [-0.4, -0.2) is 24.4 Å². The topological polar surface area (TPSA) is 32.7 Å². The number of carbonyl (C=O) groups excluding carboxylic acids is 1. The molecule has 0 atom stereocenters. The highest BCUT2D eigenvalue weighted by Gasteiger charge is 2.24. The third kappa shape index (κ3) is 4.89. The molecule has 0 aliphatic carbocycles. The minimum absolute atomic E-state index is 0.00693. The molecular weight excluding hydrogens is 300 g/mol. The second-order valence-electron chi connectivity index (χ2n) is 6.58. The molecule has 0 saturated heterocycles. The molecule has 23 heavy (non-hydrogen) atoms. The van der Waals surface area contributed by atoms with Gasteiger partial charge in [0.15, 0.2) is 14.0 Å². The Morgan fingerprint density at radius 3 is 1.96 bits per heavy atom. The van der Waals surface area contributed by atoms with Gasteiger partial charge in [-0.3, -0.25) is 4.79 Å². The largest absolute Gasteiger partial charge is 0.320 e. The van der Waals surface area contributed by atoms with Gasteiger partial charge >= 0.3 is 0 Å². The van der Waals surface area contributed by atoms with E-state index in [-0.39, 0.29) is 5.78 Å². The fraction of sp³-hybridized carbons (Fsp3) is 0.263. The molecule has 0 aliphatic rings. The van der Waals surface area contributed by atoms with Crippen molar-refractivity contribution in [3.05, 3.63) is 71.8 Å². The van der Waals surface area contributed by atoms with Crippen molar-refractivity contribution in [3.63, 3.8) is 0 Å². The lowest BCUT2D eigenvalue weighted by atomic mass is 10.1. The molecule has 0 spiro atoms. The molecule has 0 N–H and O–H groups in total. The van der Waals surface area contributed by atoms with Gasteiger partial charge in [-0.1, -0.05) is 80.3 Å². The van der Waals surface area contributed by atoms with Gasteiger partial charge in [-0.15, -0.1) is 0 Å². The number of benzene rings is 2. The van der Waals surface area contributed by atoms with Crippen molar-refractivity contribution in [2.45, 2.75) is 33.1 Å². The molecule has 2 rings (SSSR count). The Morgan fingerprint density at radius 1 is 0.957 bits per heavy atom. The zero-order valence-electron chi connectivity index (χ0n) is 14.3. The normalized spacial score (nSPS) is 12.1. The predicted molar refractivity (Wildman–Crippen MR) is 99.0 cm³/mol. The van der Waals surface area contributed by atoms with Gasteiger partial charge in [0.1, 0.15) is 5.71 Å². The van der Waals surface area contributed by atoms with Crippen molar-refractivity contribution in [2.24, 2.45) is 5.10 Å². The fourth-order valence-electron chi connectivity index (χ4n) is 2.23. The second-order valence-corrected chi connectivity index (χ2v) is 11.4. The first-order chi connectivity index (χ1) is 10.9. The third-order valence-electron chi connectivity index (χ3n) is 3.55. The lowest BCUT2D eigenvalue weighted by Crippen LogP contribution is -2.43. The van der Waals surface area contributed by atoms with Crippen LogP contribution in [0.1, 0.15) is 18.1 Å². The Bertz CT molecular complexity index is 676. The third-order valence-corrected chi connectivity index (χ3v) is 5.36. The van der Waals surface area contributed by atoms with Crippen molar-refractivity contribution in [1.29, 1.82) is 0 Å². The summed E-state index contributed by atoms with van der Waals surface area (Å²) in [6.07, 6.45) is 0. The van der Waals surface area contributed by atoms with Crippen molar-refractivity contribution in [2.75, 3.05) is 0 Å². The number of carbonyl (C=O) groups is 1. The van der Waals surface area contributed by atoms with Gasteiger partial charge in [0.25, 0.3) is 0 Å². The molecule has 0 unspecified atom stereocenters. The zero-order chi connectivity index (χ0) is 16.9. The second kappa shape index (κ2) is 7.37. The average molecular weight is 325 g/mol. The maximum atomic E-state index is 12.1. The molecule has 0 radical (unpaired) electrons. The first-order valence-corrected chi connectivity index (χ1v) is 11.3. The SMILES string of the molecule is CC(=O)C(=NN(Cc1ccccc1)[Si](C)(C)C)c1ccccc1. The molecule has 0 heterocycles. The van der Waals surface area contributed by atoms with Crippen LogP contribution in [0, 0.1) is 0 Å². The maximum Gasteiger partial charge on any atom is 0.180 e. The van der Waals surface area contributed by atoms with E-state index in [9.17, 15) is 4.79 Å². The van der Waals surface area contributed by atoms with Crippen molar-refractivity contribution >= 4 is 19.7 Å². The summed E-state index contributed by atoms with van der Waals surface area (Å²) < 4.78 is 2.12. The molecule has 0 aromatic heterocycles. The van der Waals surface area contributed by atoms with E-state index in [1.165, 1.54) is 5.56 Å². The number of rotatable bonds is 6. The highest BCUT2D eigenvalue weighted by Crippen LogP contribution is 2.17. The Kier molecular flexibility index (Phi) is 5.50. The lowest BCUT2D eigenvalue weighted by Gasteiger charge is -2.32. The number of hydrazone groups is 1. The summed E-state index contributed by atoms with van der Waals surface area (Å²) in [6.45, 7) is 9.02. The first kappa shape index (κ1) is 17.2. The first-order valence-electron chi connectivity index (χ1n) is 7.84. The van der Waals surface area contributed by atoms with E-state index in [0.717, 1.165) is 12.1 Å². The number of hydrogen-bond donors (Lipinski definition) is 0. The minimum atomic E-state index is -1.72. The summed E-state index contributed by atoms with van der Waals surface area (Å²) in [5.74, 6) is -0.00693. The van der Waals surface area contributed by atoms with E-state index < -0.39 is 8.24 Å². The van der Waals surface area contributed by atoms with Crippen LogP contribution in [0.15, 0.2) is 65.8 Å². The molecule has 3 nitrogen and oxygen atoms in total. The van der Waals surface area contributed by atoms with E-state index >= 15 is 0 Å². The molecule has 0 bridgehead atoms. The average Bonchev–Trinajstić information content (AvgIpc) is 2.51. The molecular formula is C19H24N2OSi. The van der Waals surface area contributed by atoms with E-state index in [0.29, 0.717) is 5.71 Å². The predicted octanol–water partition coefficient (Wildman–Crippen LogP) is 4.32. The summed E-state index contributed by atoms with van der Waals surface area (Å²) in [6, 6.07) is 20.0. The molecule has 2 aromatic carbocycles. The van der Waals surface area contributed by atoms with Crippen LogP contribution < -0.4 is 0 Å². The van der Waals surface area contributed by atoms with Crippen molar-refractivity contribution in [1.82, 2.24) is 4.67 Å². The number of Topliss-reactive ketones (excluding diaryl/α,β-unsaturated/α-hetero) is 1. The molecule has 2 aromatic rings. The van der Waals surface area contributed by atoms with E-state index in [1.807, 2.05) is 48.5 Å². The lowest BCUT2D eigenvalue weighted by molar-refractivity contribution is -0.111. The highest BCUT2D eigenvalue weighted by atomic mass is 28.3. The Balaban J connectivity index is 2.39. The van der Waals surface area contributed by atoms with Gasteiger partial charge in [-0.2, -0.15) is 5.10 Å². The van der Waals surface area contributed by atoms with Crippen LogP contribution in [0.5, 0.6) is 0 Å². The zero-order valence-corrected chi connectivity index (χ0v) is 15.3. The van der Waals surface area contributed by atoms with E-state index in [1.54, 1.807) is 6.92 Å². The molecule has 0 saturated carbocycles. The van der Waals surface area contributed by atoms with Crippen molar-refractivity contribution in [3.8, 4) is 0 Å². The molecule has 0 fully saturated rings. The Morgan fingerprint density at radius 2 is 1.48 bits per heavy atom. The number of ketones is 1. The van der Waals surface area contributed by atoms with Crippen molar-refractivity contribution < 1.29 is 4.79 Å². The quantitative estimate of drug-likeness (QED) is 0.450. The molecule has 120 valence electrons. The number of nitrogens with zero attached hydrogens (tertiary/aromatic N) is 2. The Hall–Kier alpha value is -2.20. The van der Waals surface area contributed by atoms with Crippen LogP contribution in [0.3, 0.4) is 0 Å². The standard InChI is InChI=1S/C19H24N2OSi/c1-16(22)19(18-13-9-6-10-14-18)20-21(23(2,3)4)15-17-11-7-5-8-12-17/h5-14H,15H2,1-4H3. The van der Waals surface area contributed by atoms with Gasteiger partial charge in [-0.05, 0) is 5.56 Å². The summed E-state index contributed by atoms with van der Waals surface area (Å²) in [5, 5.41) is 4.77. The summed E-state index contributed by atoms with van der Waals surface area (Å²) in [4.78, 5) is 12.1. The molecule has 0 amide bonds. The van der Waals surface area contributed by atoms with Gasteiger partial charge in [0.05, 0.1) is 6.54 Å². The van der Waals surface area contributed by atoms with Crippen LogP contribution in [0.2, 0.25) is 19.6 Å². The summed E-state index contributed by atoms with van der Waals surface area (Å²) >= 11 is 0. The molecule has 4 heteroatoms. The van der Waals surface area contributed by atoms with Crippen LogP contribution in [0.4, 0.5) is 0 Å². The smallest absolute Gasteiger partial charge is 0.180 e. The van der Waals surface area contributed by atoms with E-state index in [4.69, 9.17) is 5.10 Å². The van der Waals surface area contributed by atoms with Gasteiger partial charge in [-0.25, -0.2) is 0 Å². The van der Waals surface area contributed by atoms with Crippen LogP contribution in [0.25, 0.3) is 0 Å². The van der Waals surface area contributed by atoms with Gasteiger partial charge in [0, 0.05) is 12.5 Å². The highest BCUT2D eigenvalue weighted by molar-refractivity contribution is 6.73. The van der Waals surface area contributed by atoms with Crippen LogP contribution in [-0.2, 0) is 11.3 Å². The number of hydrogen-bond acceptors (Lipinski definition) is 3. The Labute approximate surface area is 139 Å². The van der Waals surface area contributed by atoms with Crippen LogP contribution >= 0.6 is 0 Å². The summed E-state index contributed by atoms with van der Waals surface area (Å²) in [5.41, 5.74) is 2.61.